The van der Waals surface area contributed by atoms with Gasteiger partial charge in [0.25, 0.3) is 5.69 Å². The molecular weight excluding hydrogens is 516 g/mol. The molecule has 0 saturated carbocycles. The summed E-state index contributed by atoms with van der Waals surface area (Å²) < 4.78 is 13.1. The number of benzene rings is 3. The lowest BCUT2D eigenvalue weighted by atomic mass is 10.1. The van der Waals surface area contributed by atoms with Gasteiger partial charge in [0.1, 0.15) is 11.6 Å². The number of esters is 1. The second-order valence-corrected chi connectivity index (χ2v) is 9.82. The number of methoxy groups -OCH3 is 1. The number of nitro benzene ring substituents is 1. The molecule has 202 valence electrons. The number of ether oxygens (including phenoxy) is 2. The summed E-state index contributed by atoms with van der Waals surface area (Å²) >= 11 is 1.55. The Labute approximate surface area is 231 Å². The second-order valence-electron chi connectivity index (χ2n) is 8.88. The number of nitrogens with zero attached hydrogens (tertiary/aromatic N) is 4. The Hall–Kier alpha value is -4.18. The molecule has 39 heavy (non-hydrogen) atoms. The van der Waals surface area contributed by atoms with Crippen LogP contribution in [0.2, 0.25) is 0 Å². The summed E-state index contributed by atoms with van der Waals surface area (Å²) in [7, 11) is 1.34. The zero-order valence-corrected chi connectivity index (χ0v) is 22.7. The van der Waals surface area contributed by atoms with Crippen LogP contribution in [0, 0.1) is 10.1 Å². The largest absolute Gasteiger partial charge is 0.474 e. The van der Waals surface area contributed by atoms with Crippen molar-refractivity contribution >= 4 is 23.4 Å². The van der Waals surface area contributed by atoms with Crippen LogP contribution in [0.1, 0.15) is 48.4 Å². The lowest BCUT2D eigenvalue weighted by molar-refractivity contribution is -0.384. The van der Waals surface area contributed by atoms with Gasteiger partial charge in [-0.15, -0.1) is 10.2 Å². The third-order valence-corrected chi connectivity index (χ3v) is 7.14. The first-order valence-electron chi connectivity index (χ1n) is 12.6. The number of carbonyl (C=O) groups is 1. The molecule has 0 N–H and O–H groups in total. The molecule has 0 spiro atoms. The van der Waals surface area contributed by atoms with E-state index in [0.717, 1.165) is 41.4 Å². The van der Waals surface area contributed by atoms with Crippen LogP contribution >= 0.6 is 11.8 Å². The number of carbonyl (C=O) groups excluding carboxylic acids is 1. The van der Waals surface area contributed by atoms with Gasteiger partial charge in [-0.25, -0.2) is 4.79 Å². The highest BCUT2D eigenvalue weighted by molar-refractivity contribution is 7.98. The van der Waals surface area contributed by atoms with Gasteiger partial charge in [-0.1, -0.05) is 79.7 Å². The maximum absolute atomic E-state index is 12.4. The average molecular weight is 547 g/mol. The standard InChI is InChI=1S/C29H30N4O5S/c1-3-4-10-26-30-31-29(39-20-22-11-15-24(16-12-22)33(35)36)32(26)19-21-13-17-25(18-14-21)38-27(28(34)37-2)23-8-6-5-7-9-23/h5-9,11-18,27H,3-4,10,19-20H2,1-2H3. The quantitative estimate of drug-likeness (QED) is 0.0848. The zero-order chi connectivity index (χ0) is 27.6. The van der Waals surface area contributed by atoms with Crippen molar-refractivity contribution in [2.24, 2.45) is 0 Å². The van der Waals surface area contributed by atoms with Crippen LogP contribution in [0.5, 0.6) is 5.75 Å². The molecular formula is C29H30N4O5S. The van der Waals surface area contributed by atoms with Crippen LogP contribution in [0.25, 0.3) is 0 Å². The predicted octanol–water partition coefficient (Wildman–Crippen LogP) is 6.16. The molecule has 0 bridgehead atoms. The minimum absolute atomic E-state index is 0.0721. The highest BCUT2D eigenvalue weighted by atomic mass is 32.2. The van der Waals surface area contributed by atoms with Crippen LogP contribution in [0.4, 0.5) is 5.69 Å². The minimum Gasteiger partial charge on any atom is -0.474 e. The normalized spacial score (nSPS) is 11.6. The highest BCUT2D eigenvalue weighted by Gasteiger charge is 2.23. The first-order chi connectivity index (χ1) is 19.0. The van der Waals surface area contributed by atoms with Crippen molar-refractivity contribution in [3.05, 3.63) is 111 Å². The van der Waals surface area contributed by atoms with E-state index in [1.807, 2.05) is 54.6 Å². The summed E-state index contributed by atoms with van der Waals surface area (Å²) in [5, 5.41) is 20.6. The van der Waals surface area contributed by atoms with Crippen molar-refractivity contribution in [2.45, 2.75) is 49.7 Å². The average Bonchev–Trinajstić information content (AvgIpc) is 3.35. The van der Waals surface area contributed by atoms with Crippen LogP contribution in [-0.2, 0) is 28.2 Å². The summed E-state index contributed by atoms with van der Waals surface area (Å²) in [6, 6.07) is 23.4. The van der Waals surface area contributed by atoms with E-state index in [-0.39, 0.29) is 5.69 Å². The van der Waals surface area contributed by atoms with Gasteiger partial charge < -0.3 is 14.0 Å². The van der Waals surface area contributed by atoms with E-state index in [9.17, 15) is 14.9 Å². The molecule has 3 aromatic carbocycles. The van der Waals surface area contributed by atoms with Crippen LogP contribution in [0.15, 0.2) is 84.0 Å². The third-order valence-electron chi connectivity index (χ3n) is 6.10. The van der Waals surface area contributed by atoms with E-state index in [2.05, 4.69) is 21.7 Å². The zero-order valence-electron chi connectivity index (χ0n) is 21.9. The molecule has 0 fully saturated rings. The molecule has 0 aliphatic heterocycles. The predicted molar refractivity (Wildman–Crippen MR) is 149 cm³/mol. The molecule has 1 unspecified atom stereocenters. The van der Waals surface area contributed by atoms with Crippen molar-refractivity contribution < 1.29 is 19.2 Å². The number of unbranched alkanes of at least 4 members (excludes halogenated alkanes) is 1. The Morgan fingerprint density at radius 1 is 1.00 bits per heavy atom. The first kappa shape index (κ1) is 27.8. The number of aromatic nitrogens is 3. The summed E-state index contributed by atoms with van der Waals surface area (Å²) in [6.45, 7) is 2.72. The maximum Gasteiger partial charge on any atom is 0.351 e. The van der Waals surface area contributed by atoms with Gasteiger partial charge in [-0.3, -0.25) is 10.1 Å². The number of hydrogen-bond acceptors (Lipinski definition) is 8. The SMILES string of the molecule is CCCCc1nnc(SCc2ccc([N+](=O)[O-])cc2)n1Cc1ccc(OC(C(=O)OC)c2ccccc2)cc1. The monoisotopic (exact) mass is 546 g/mol. The third kappa shape index (κ3) is 7.44. The maximum atomic E-state index is 12.4. The fourth-order valence-corrected chi connectivity index (χ4v) is 4.86. The summed E-state index contributed by atoms with van der Waals surface area (Å²) in [5.41, 5.74) is 2.79. The molecule has 1 atom stereocenters. The van der Waals surface area contributed by atoms with Gasteiger partial charge in [-0.05, 0) is 29.7 Å². The van der Waals surface area contributed by atoms with Gasteiger partial charge >= 0.3 is 5.97 Å². The molecule has 1 aromatic heterocycles. The summed E-state index contributed by atoms with van der Waals surface area (Å²) in [5.74, 6) is 1.62. The first-order valence-corrected chi connectivity index (χ1v) is 13.6. The molecule has 10 heteroatoms. The van der Waals surface area contributed by atoms with Crippen molar-refractivity contribution in [1.82, 2.24) is 14.8 Å². The number of non-ortho nitro benzene ring substituents is 1. The number of aryl methyl sites for hydroxylation is 1. The molecule has 0 radical (unpaired) electrons. The molecule has 0 saturated heterocycles. The van der Waals surface area contributed by atoms with Crippen LogP contribution in [0.3, 0.4) is 0 Å². The molecule has 0 aliphatic rings. The van der Waals surface area contributed by atoms with E-state index in [4.69, 9.17) is 9.47 Å². The fourth-order valence-electron chi connectivity index (χ4n) is 3.95. The van der Waals surface area contributed by atoms with Crippen LogP contribution in [-0.4, -0.2) is 32.8 Å². The van der Waals surface area contributed by atoms with Crippen molar-refractivity contribution in [2.75, 3.05) is 7.11 Å². The Bertz CT molecular complexity index is 1380. The second kappa shape index (κ2) is 13.6. The highest BCUT2D eigenvalue weighted by Crippen LogP contribution is 2.27. The van der Waals surface area contributed by atoms with E-state index >= 15 is 0 Å². The number of hydrogen-bond donors (Lipinski definition) is 0. The molecule has 4 aromatic rings. The van der Waals surface area contributed by atoms with E-state index in [1.165, 1.54) is 19.2 Å². The van der Waals surface area contributed by atoms with Crippen molar-refractivity contribution in [3.8, 4) is 5.75 Å². The molecule has 0 amide bonds. The number of nitro groups is 1. The van der Waals surface area contributed by atoms with Crippen molar-refractivity contribution in [3.63, 3.8) is 0 Å². The molecule has 4 rings (SSSR count). The summed E-state index contributed by atoms with van der Waals surface area (Å²) in [4.78, 5) is 22.9. The summed E-state index contributed by atoms with van der Waals surface area (Å²) in [6.07, 6.45) is 2.02. The number of rotatable bonds is 13. The van der Waals surface area contributed by atoms with E-state index in [1.54, 1.807) is 23.9 Å². The van der Waals surface area contributed by atoms with E-state index in [0.29, 0.717) is 23.6 Å². The van der Waals surface area contributed by atoms with Gasteiger partial charge in [0.15, 0.2) is 5.16 Å². The van der Waals surface area contributed by atoms with E-state index < -0.39 is 17.0 Å². The Balaban J connectivity index is 1.48. The fraction of sp³-hybridized carbons (Fsp3) is 0.276. The van der Waals surface area contributed by atoms with Crippen molar-refractivity contribution in [1.29, 1.82) is 0 Å². The minimum atomic E-state index is -0.858. The topological polar surface area (TPSA) is 109 Å². The smallest absolute Gasteiger partial charge is 0.351 e. The Kier molecular flexibility index (Phi) is 9.69. The molecule has 0 aliphatic carbocycles. The lowest BCUT2D eigenvalue weighted by Crippen LogP contribution is -2.20. The van der Waals surface area contributed by atoms with Gasteiger partial charge in [-0.2, -0.15) is 0 Å². The van der Waals surface area contributed by atoms with Crippen LogP contribution < -0.4 is 4.74 Å². The molecule has 9 nitrogen and oxygen atoms in total. The Morgan fingerprint density at radius 2 is 1.69 bits per heavy atom. The van der Waals surface area contributed by atoms with Gasteiger partial charge in [0, 0.05) is 29.9 Å². The lowest BCUT2D eigenvalue weighted by Gasteiger charge is -2.17. The Morgan fingerprint density at radius 3 is 2.33 bits per heavy atom. The van der Waals surface area contributed by atoms with Gasteiger partial charge in [0.05, 0.1) is 18.6 Å². The van der Waals surface area contributed by atoms with Gasteiger partial charge in [0.2, 0.25) is 6.10 Å². The molecule has 1 heterocycles. The number of thioether (sulfide) groups is 1.